The van der Waals surface area contributed by atoms with Crippen molar-refractivity contribution in [1.29, 1.82) is 0 Å². The van der Waals surface area contributed by atoms with Crippen molar-refractivity contribution in [2.45, 2.75) is 24.9 Å². The van der Waals surface area contributed by atoms with Crippen molar-refractivity contribution in [3.05, 3.63) is 94.3 Å². The largest absolute Gasteiger partial charge is 0.733 e. The molecule has 0 bridgehead atoms. The predicted molar refractivity (Wildman–Crippen MR) is 148 cm³/mol. The average Bonchev–Trinajstić information content (AvgIpc) is 3.35. The number of H-pyrrole nitrogens is 1. The van der Waals surface area contributed by atoms with E-state index < -0.39 is 12.1 Å². The second-order valence-corrected chi connectivity index (χ2v) is 10.0. The fourth-order valence-corrected chi connectivity index (χ4v) is 5.94. The Labute approximate surface area is 230 Å². The number of fused-ring (bicyclic) bond motifs is 4. The fraction of sp³-hybridized carbons (Fsp3) is 0.267. The lowest BCUT2D eigenvalue weighted by molar-refractivity contribution is -0.158. The monoisotopic (exact) mass is 541 g/mol. The SMILES string of the molecule is COc1ccc(CCN2CC(=O)N3C(c4ccc(N([O-])O)cc4)c4[nH]c5ccccc5c4C[C@H]3C2=O)cc1OC. The Morgan fingerprint density at radius 3 is 2.50 bits per heavy atom. The maximum Gasteiger partial charge on any atom is 0.246 e. The van der Waals surface area contributed by atoms with Gasteiger partial charge in [-0.25, -0.2) is 0 Å². The summed E-state index contributed by atoms with van der Waals surface area (Å²) in [6.07, 6.45) is 0.957. The Morgan fingerprint density at radius 1 is 1.02 bits per heavy atom. The van der Waals surface area contributed by atoms with Gasteiger partial charge in [0.05, 0.1) is 32.5 Å². The fourth-order valence-electron chi connectivity index (χ4n) is 5.94. The van der Waals surface area contributed by atoms with Crippen LogP contribution in [-0.2, 0) is 22.4 Å². The van der Waals surface area contributed by atoms with E-state index in [1.165, 1.54) is 12.1 Å². The number of hydrogen-bond acceptors (Lipinski definition) is 7. The predicted octanol–water partition coefficient (Wildman–Crippen LogP) is 3.81. The molecule has 3 aromatic carbocycles. The molecule has 2 aliphatic heterocycles. The van der Waals surface area contributed by atoms with Crippen LogP contribution in [-0.4, -0.2) is 65.2 Å². The second-order valence-electron chi connectivity index (χ2n) is 10.0. The van der Waals surface area contributed by atoms with Gasteiger partial charge in [-0.15, -0.1) is 0 Å². The number of anilines is 1. The number of aromatic nitrogens is 1. The van der Waals surface area contributed by atoms with E-state index in [0.717, 1.165) is 33.3 Å². The molecule has 206 valence electrons. The minimum absolute atomic E-state index is 0.0300. The van der Waals surface area contributed by atoms with Gasteiger partial charge in [-0.1, -0.05) is 36.4 Å². The van der Waals surface area contributed by atoms with Crippen LogP contribution in [0.4, 0.5) is 5.69 Å². The number of amides is 2. The van der Waals surface area contributed by atoms with Crippen LogP contribution in [0.1, 0.15) is 28.4 Å². The summed E-state index contributed by atoms with van der Waals surface area (Å²) in [5, 5.41) is 21.5. The number of methoxy groups -OCH3 is 2. The molecular formula is C30H29N4O6-. The number of carbonyl (C=O) groups excluding carboxylic acids is 2. The lowest BCUT2D eigenvalue weighted by Crippen LogP contribution is -2.63. The average molecular weight is 542 g/mol. The Hall–Kier alpha value is -4.54. The molecule has 40 heavy (non-hydrogen) atoms. The molecule has 1 saturated heterocycles. The van der Waals surface area contributed by atoms with Crippen molar-refractivity contribution in [1.82, 2.24) is 14.8 Å². The zero-order valence-corrected chi connectivity index (χ0v) is 22.2. The van der Waals surface area contributed by atoms with Crippen LogP contribution in [0, 0.1) is 5.21 Å². The van der Waals surface area contributed by atoms with Crippen LogP contribution < -0.4 is 14.7 Å². The van der Waals surface area contributed by atoms with Crippen LogP contribution in [0.25, 0.3) is 10.9 Å². The van der Waals surface area contributed by atoms with E-state index in [9.17, 15) is 20.0 Å². The van der Waals surface area contributed by atoms with Gasteiger partial charge in [0.25, 0.3) is 0 Å². The van der Waals surface area contributed by atoms with Gasteiger partial charge in [0.1, 0.15) is 6.04 Å². The topological polar surface area (TPSA) is 121 Å². The van der Waals surface area contributed by atoms with Gasteiger partial charge in [0.15, 0.2) is 11.5 Å². The van der Waals surface area contributed by atoms with Crippen molar-refractivity contribution < 1.29 is 24.3 Å². The van der Waals surface area contributed by atoms with Crippen molar-refractivity contribution in [2.75, 3.05) is 32.5 Å². The molecule has 10 nitrogen and oxygen atoms in total. The first-order valence-corrected chi connectivity index (χ1v) is 13.1. The smallest absolute Gasteiger partial charge is 0.246 e. The van der Waals surface area contributed by atoms with E-state index in [-0.39, 0.29) is 29.3 Å². The van der Waals surface area contributed by atoms with Gasteiger partial charge >= 0.3 is 0 Å². The molecule has 0 saturated carbocycles. The first kappa shape index (κ1) is 25.7. The molecule has 2 amide bonds. The lowest BCUT2D eigenvalue weighted by atomic mass is 9.86. The van der Waals surface area contributed by atoms with E-state index >= 15 is 0 Å². The molecule has 3 heterocycles. The number of nitrogens with one attached hydrogen (secondary N) is 1. The van der Waals surface area contributed by atoms with Gasteiger partial charge in [-0.05, 0) is 53.4 Å². The third kappa shape index (κ3) is 4.31. The molecule has 2 atom stereocenters. The molecule has 1 aromatic heterocycles. The summed E-state index contributed by atoms with van der Waals surface area (Å²) in [6.45, 7) is 0.359. The summed E-state index contributed by atoms with van der Waals surface area (Å²) in [7, 11) is 3.16. The summed E-state index contributed by atoms with van der Waals surface area (Å²) in [6, 6.07) is 18.7. The Morgan fingerprint density at radius 2 is 1.77 bits per heavy atom. The Kier molecular flexibility index (Phi) is 6.57. The molecule has 4 aromatic rings. The molecule has 0 aliphatic carbocycles. The van der Waals surface area contributed by atoms with Gasteiger partial charge < -0.3 is 34.7 Å². The number of aromatic amines is 1. The highest BCUT2D eigenvalue weighted by molar-refractivity contribution is 5.97. The van der Waals surface area contributed by atoms with Crippen LogP contribution >= 0.6 is 0 Å². The summed E-state index contributed by atoms with van der Waals surface area (Å²) in [4.78, 5) is 34.5. The number of piperazine rings is 1. The number of hydrogen-bond donors (Lipinski definition) is 2. The summed E-state index contributed by atoms with van der Waals surface area (Å²) in [5.74, 6) is 0.993. The summed E-state index contributed by atoms with van der Waals surface area (Å²) < 4.78 is 10.7. The van der Waals surface area contributed by atoms with E-state index in [4.69, 9.17) is 9.47 Å². The quantitative estimate of drug-likeness (QED) is 0.341. The highest BCUT2D eigenvalue weighted by Gasteiger charge is 2.48. The number of benzene rings is 3. The van der Waals surface area contributed by atoms with Crippen molar-refractivity contribution in [2.24, 2.45) is 0 Å². The lowest BCUT2D eigenvalue weighted by Gasteiger charge is -2.47. The summed E-state index contributed by atoms with van der Waals surface area (Å²) in [5.41, 5.74) is 4.57. The number of rotatable bonds is 7. The maximum absolute atomic E-state index is 13.9. The molecule has 0 radical (unpaired) electrons. The van der Waals surface area contributed by atoms with Crippen LogP contribution in [0.5, 0.6) is 11.5 Å². The molecule has 2 N–H and O–H groups in total. The van der Waals surface area contributed by atoms with E-state index in [1.807, 2.05) is 42.5 Å². The molecule has 6 rings (SSSR count). The van der Waals surface area contributed by atoms with Gasteiger partial charge in [-0.3, -0.25) is 14.8 Å². The maximum atomic E-state index is 13.9. The number of nitrogens with zero attached hydrogens (tertiary/aromatic N) is 3. The number of para-hydroxylation sites is 1. The first-order valence-electron chi connectivity index (χ1n) is 13.1. The van der Waals surface area contributed by atoms with Crippen molar-refractivity contribution >= 4 is 28.4 Å². The van der Waals surface area contributed by atoms with Gasteiger partial charge in [0, 0.05) is 29.6 Å². The molecule has 1 unspecified atom stereocenters. The van der Waals surface area contributed by atoms with Gasteiger partial charge in [0.2, 0.25) is 11.8 Å². The van der Waals surface area contributed by atoms with E-state index in [1.54, 1.807) is 36.2 Å². The Balaban J connectivity index is 1.34. The van der Waals surface area contributed by atoms with Gasteiger partial charge in [-0.2, -0.15) is 0 Å². The third-order valence-electron chi connectivity index (χ3n) is 7.89. The highest BCUT2D eigenvalue weighted by Crippen LogP contribution is 2.43. The van der Waals surface area contributed by atoms with E-state index in [2.05, 4.69) is 4.98 Å². The third-order valence-corrected chi connectivity index (χ3v) is 7.89. The molecule has 1 fully saturated rings. The van der Waals surface area contributed by atoms with Crippen LogP contribution in [0.15, 0.2) is 66.7 Å². The zero-order valence-electron chi connectivity index (χ0n) is 22.2. The normalized spacial score (nSPS) is 18.5. The number of ether oxygens (including phenoxy) is 2. The molecule has 10 heteroatoms. The second kappa shape index (κ2) is 10.2. The van der Waals surface area contributed by atoms with E-state index in [0.29, 0.717) is 30.9 Å². The zero-order chi connectivity index (χ0) is 28.0. The minimum atomic E-state index is -0.670. The number of carbonyl (C=O) groups is 2. The standard InChI is InChI=1S/C30H29N4O6/c1-39-25-12-7-18(15-26(25)40-2)13-14-32-17-27(35)33-24(30(32)36)16-22-21-5-3-4-6-23(21)31-28(22)29(33)19-8-10-20(11-9-19)34(37)38/h3-12,15,24,29,31,37H,13-14,16-17H2,1-2H3/q-1/t24-,29?/m0/s1. The van der Waals surface area contributed by atoms with Crippen molar-refractivity contribution in [3.63, 3.8) is 0 Å². The minimum Gasteiger partial charge on any atom is -0.733 e. The highest BCUT2D eigenvalue weighted by atomic mass is 16.8. The summed E-state index contributed by atoms with van der Waals surface area (Å²) >= 11 is 0. The van der Waals surface area contributed by atoms with Crippen LogP contribution in [0.3, 0.4) is 0 Å². The Bertz CT molecular complexity index is 1580. The molecule has 2 aliphatic rings. The molecular weight excluding hydrogens is 512 g/mol. The first-order chi connectivity index (χ1) is 19.4. The van der Waals surface area contributed by atoms with Crippen molar-refractivity contribution in [3.8, 4) is 11.5 Å². The van der Waals surface area contributed by atoms with Crippen LogP contribution in [0.2, 0.25) is 0 Å². The molecule has 0 spiro atoms.